The zero-order chi connectivity index (χ0) is 6.27. The Morgan fingerprint density at radius 1 is 1.44 bits per heavy atom. The molecule has 0 aromatic heterocycles. The molecule has 50 valence electrons. The summed E-state index contributed by atoms with van der Waals surface area (Å²) in [4.78, 5) is 9.93. The molecular weight excluding hydrogens is 118 g/mol. The molecule has 2 aliphatic rings. The summed E-state index contributed by atoms with van der Waals surface area (Å²) in [5.74, 6) is 1.27. The third-order valence-electron chi connectivity index (χ3n) is 2.21. The van der Waals surface area contributed by atoms with Crippen molar-refractivity contribution in [3.63, 3.8) is 0 Å². The van der Waals surface area contributed by atoms with Gasteiger partial charge in [-0.3, -0.25) is 4.79 Å². The maximum absolute atomic E-state index is 9.93. The van der Waals surface area contributed by atoms with E-state index in [4.69, 9.17) is 4.74 Å². The lowest BCUT2D eigenvalue weighted by atomic mass is 10.4. The predicted octanol–water partition coefficient (Wildman–Crippen LogP) is -0.623. The molecule has 9 heavy (non-hydrogen) atoms. The fourth-order valence-corrected chi connectivity index (χ4v) is 1.57. The molecule has 0 radical (unpaired) electrons. The van der Waals surface area contributed by atoms with Crippen LogP contribution >= 0.6 is 0 Å². The number of amides is 1. The van der Waals surface area contributed by atoms with Crippen LogP contribution in [0.3, 0.4) is 0 Å². The van der Waals surface area contributed by atoms with Gasteiger partial charge >= 0.3 is 0 Å². The summed E-state index contributed by atoms with van der Waals surface area (Å²) in [5, 5.41) is 2.76. The summed E-state index contributed by atoms with van der Waals surface area (Å²) in [6.45, 7) is 1.69. The quantitative estimate of drug-likeness (QED) is 0.502. The van der Waals surface area contributed by atoms with Crippen LogP contribution in [0.2, 0.25) is 0 Å². The maximum atomic E-state index is 9.93. The second-order valence-corrected chi connectivity index (χ2v) is 2.68. The van der Waals surface area contributed by atoms with Gasteiger partial charge in [0.05, 0.1) is 13.2 Å². The first-order valence-corrected chi connectivity index (χ1v) is 3.21. The Bertz CT molecular complexity index is 127. The number of carbonyl (C=O) groups excluding carboxylic acids is 1. The van der Waals surface area contributed by atoms with Gasteiger partial charge in [0.25, 0.3) is 0 Å². The summed E-state index contributed by atoms with van der Waals surface area (Å²) in [5.41, 5.74) is 0. The van der Waals surface area contributed by atoms with Gasteiger partial charge in [-0.2, -0.15) is 0 Å². The second kappa shape index (κ2) is 1.70. The number of nitrogens with one attached hydrogen (secondary N) is 1. The molecule has 2 fully saturated rings. The van der Waals surface area contributed by atoms with Crippen LogP contribution in [-0.2, 0) is 9.53 Å². The number of ether oxygens (including phenoxy) is 1. The fourth-order valence-electron chi connectivity index (χ4n) is 1.57. The predicted molar refractivity (Wildman–Crippen MR) is 30.8 cm³/mol. The summed E-state index contributed by atoms with van der Waals surface area (Å²) >= 11 is 0. The third kappa shape index (κ3) is 0.645. The molecule has 2 rings (SSSR count). The Labute approximate surface area is 53.4 Å². The molecular formula is C6H9NO2. The van der Waals surface area contributed by atoms with Crippen LogP contribution in [0.25, 0.3) is 0 Å². The monoisotopic (exact) mass is 127 g/mol. The van der Waals surface area contributed by atoms with Crippen LogP contribution in [0, 0.1) is 11.8 Å². The van der Waals surface area contributed by atoms with Crippen molar-refractivity contribution in [2.24, 2.45) is 11.8 Å². The van der Waals surface area contributed by atoms with Crippen LogP contribution in [0.5, 0.6) is 0 Å². The van der Waals surface area contributed by atoms with E-state index in [1.54, 1.807) is 0 Å². The Morgan fingerprint density at radius 2 is 2.11 bits per heavy atom. The molecule has 1 aliphatic carbocycles. The van der Waals surface area contributed by atoms with E-state index in [-0.39, 0.29) is 0 Å². The van der Waals surface area contributed by atoms with Gasteiger partial charge in [-0.15, -0.1) is 0 Å². The molecule has 3 atom stereocenters. The standard InChI is InChI=1S/C6H9NO2/c8-3-7-6-4-1-9-2-5(4)6/h3-6H,1-2H2,(H,7,8)/t4-,5+,6+. The summed E-state index contributed by atoms with van der Waals surface area (Å²) in [6.07, 6.45) is 0.781. The van der Waals surface area contributed by atoms with Gasteiger partial charge in [0.2, 0.25) is 6.41 Å². The minimum atomic E-state index is 0.441. The maximum Gasteiger partial charge on any atom is 0.207 e. The van der Waals surface area contributed by atoms with Crippen molar-refractivity contribution < 1.29 is 9.53 Å². The van der Waals surface area contributed by atoms with E-state index in [0.29, 0.717) is 17.9 Å². The highest BCUT2D eigenvalue weighted by Crippen LogP contribution is 2.43. The highest BCUT2D eigenvalue weighted by molar-refractivity contribution is 5.48. The first kappa shape index (κ1) is 5.23. The van der Waals surface area contributed by atoms with Crippen LogP contribution < -0.4 is 5.32 Å². The summed E-state index contributed by atoms with van der Waals surface area (Å²) in [6, 6.07) is 0.441. The molecule has 1 saturated carbocycles. The topological polar surface area (TPSA) is 38.3 Å². The zero-order valence-electron chi connectivity index (χ0n) is 5.04. The van der Waals surface area contributed by atoms with Crippen LogP contribution in [0.4, 0.5) is 0 Å². The molecule has 3 heteroatoms. The van der Waals surface area contributed by atoms with Crippen LogP contribution in [-0.4, -0.2) is 25.7 Å². The number of hydrogen-bond donors (Lipinski definition) is 1. The van der Waals surface area contributed by atoms with E-state index in [1.165, 1.54) is 0 Å². The van der Waals surface area contributed by atoms with Crippen molar-refractivity contribution in [3.8, 4) is 0 Å². The fraction of sp³-hybridized carbons (Fsp3) is 0.833. The largest absolute Gasteiger partial charge is 0.381 e. The molecule has 0 bridgehead atoms. The molecule has 3 nitrogen and oxygen atoms in total. The van der Waals surface area contributed by atoms with Gasteiger partial charge in [0.15, 0.2) is 0 Å². The van der Waals surface area contributed by atoms with Crippen molar-refractivity contribution >= 4 is 6.41 Å². The first-order chi connectivity index (χ1) is 4.43. The molecule has 1 heterocycles. The van der Waals surface area contributed by atoms with Crippen molar-refractivity contribution in [1.29, 1.82) is 0 Å². The second-order valence-electron chi connectivity index (χ2n) is 2.68. The summed E-state index contributed by atoms with van der Waals surface area (Å²) in [7, 11) is 0. The van der Waals surface area contributed by atoms with Gasteiger partial charge < -0.3 is 10.1 Å². The normalized spacial score (nSPS) is 46.0. The van der Waals surface area contributed by atoms with Crippen molar-refractivity contribution in [2.45, 2.75) is 6.04 Å². The van der Waals surface area contributed by atoms with Crippen LogP contribution in [0.15, 0.2) is 0 Å². The van der Waals surface area contributed by atoms with Crippen molar-refractivity contribution in [1.82, 2.24) is 5.32 Å². The van der Waals surface area contributed by atoms with Crippen molar-refractivity contribution in [2.75, 3.05) is 13.2 Å². The molecule has 1 N–H and O–H groups in total. The average molecular weight is 127 g/mol. The average Bonchev–Trinajstić information content (AvgIpc) is 2.39. The third-order valence-corrected chi connectivity index (χ3v) is 2.21. The van der Waals surface area contributed by atoms with E-state index in [0.717, 1.165) is 19.6 Å². The lowest BCUT2D eigenvalue weighted by Gasteiger charge is -1.99. The molecule has 1 saturated heterocycles. The number of rotatable bonds is 2. The zero-order valence-corrected chi connectivity index (χ0v) is 5.04. The van der Waals surface area contributed by atoms with Gasteiger partial charge in [-0.25, -0.2) is 0 Å². The lowest BCUT2D eigenvalue weighted by molar-refractivity contribution is -0.109. The highest BCUT2D eigenvalue weighted by atomic mass is 16.5. The molecule has 0 unspecified atom stereocenters. The Balaban J connectivity index is 1.87. The minimum absolute atomic E-state index is 0.441. The van der Waals surface area contributed by atoms with Crippen LogP contribution in [0.1, 0.15) is 0 Å². The number of hydrogen-bond acceptors (Lipinski definition) is 2. The van der Waals surface area contributed by atoms with E-state index in [9.17, 15) is 4.79 Å². The van der Waals surface area contributed by atoms with Gasteiger partial charge in [0, 0.05) is 17.9 Å². The molecule has 0 aromatic carbocycles. The molecule has 0 spiro atoms. The summed E-state index contributed by atoms with van der Waals surface area (Å²) < 4.78 is 5.13. The Kier molecular flexibility index (Phi) is 0.990. The minimum Gasteiger partial charge on any atom is -0.381 e. The van der Waals surface area contributed by atoms with Gasteiger partial charge in [-0.1, -0.05) is 0 Å². The van der Waals surface area contributed by atoms with Crippen molar-refractivity contribution in [3.05, 3.63) is 0 Å². The van der Waals surface area contributed by atoms with E-state index < -0.39 is 0 Å². The van der Waals surface area contributed by atoms with E-state index >= 15 is 0 Å². The number of fused-ring (bicyclic) bond motifs is 1. The number of carbonyl (C=O) groups is 1. The highest BCUT2D eigenvalue weighted by Gasteiger charge is 2.53. The Hall–Kier alpha value is -0.570. The SMILES string of the molecule is O=CN[C@H]1[C@@H]2COC[C@@H]21. The van der Waals surface area contributed by atoms with Gasteiger partial charge in [0.1, 0.15) is 0 Å². The smallest absolute Gasteiger partial charge is 0.207 e. The van der Waals surface area contributed by atoms with E-state index in [2.05, 4.69) is 5.32 Å². The van der Waals surface area contributed by atoms with Gasteiger partial charge in [-0.05, 0) is 0 Å². The lowest BCUT2D eigenvalue weighted by Crippen LogP contribution is -2.20. The molecule has 1 amide bonds. The first-order valence-electron chi connectivity index (χ1n) is 3.21. The Morgan fingerprint density at radius 3 is 2.67 bits per heavy atom. The van der Waals surface area contributed by atoms with E-state index in [1.807, 2.05) is 0 Å². The molecule has 1 aliphatic heterocycles. The molecule has 0 aromatic rings.